The van der Waals surface area contributed by atoms with Gasteiger partial charge < -0.3 is 4.74 Å². The molecule has 2 rings (SSSR count). The molecule has 0 radical (unpaired) electrons. The standard InChI is InChI=1S/C17H17NO4/c1-11-4-6-14(13(3)8-11)16(19)10-22-17-7-5-12(2)9-15(17)18(20)21/h4-9H,10H2,1-3H3. The highest BCUT2D eigenvalue weighted by molar-refractivity contribution is 5.98. The molecule has 0 amide bonds. The minimum atomic E-state index is -0.510. The van der Waals surface area contributed by atoms with Gasteiger partial charge in [0.1, 0.15) is 0 Å². The maximum absolute atomic E-state index is 12.2. The normalized spacial score (nSPS) is 10.3. The van der Waals surface area contributed by atoms with E-state index in [1.54, 1.807) is 19.1 Å². The van der Waals surface area contributed by atoms with Crippen LogP contribution in [0.3, 0.4) is 0 Å². The van der Waals surface area contributed by atoms with Crippen LogP contribution in [0.1, 0.15) is 27.0 Å². The molecule has 2 aromatic rings. The molecule has 5 heteroatoms. The number of hydrogen-bond acceptors (Lipinski definition) is 4. The average Bonchev–Trinajstić information content (AvgIpc) is 2.45. The quantitative estimate of drug-likeness (QED) is 0.478. The lowest BCUT2D eigenvalue weighted by Gasteiger charge is -2.09. The number of ether oxygens (including phenoxy) is 1. The third-order valence-electron chi connectivity index (χ3n) is 3.35. The molecule has 114 valence electrons. The molecule has 0 saturated carbocycles. The topological polar surface area (TPSA) is 69.4 Å². The third kappa shape index (κ3) is 3.49. The van der Waals surface area contributed by atoms with Gasteiger partial charge in [-0.25, -0.2) is 0 Å². The number of hydrogen-bond donors (Lipinski definition) is 0. The Hall–Kier alpha value is -2.69. The fourth-order valence-corrected chi connectivity index (χ4v) is 2.24. The molecule has 0 N–H and O–H groups in total. The van der Waals surface area contributed by atoms with Crippen LogP contribution in [0.15, 0.2) is 36.4 Å². The molecule has 22 heavy (non-hydrogen) atoms. The fraction of sp³-hybridized carbons (Fsp3) is 0.235. The van der Waals surface area contributed by atoms with E-state index in [0.717, 1.165) is 16.7 Å². The lowest BCUT2D eigenvalue weighted by molar-refractivity contribution is -0.385. The van der Waals surface area contributed by atoms with Crippen molar-refractivity contribution in [2.45, 2.75) is 20.8 Å². The van der Waals surface area contributed by atoms with Gasteiger partial charge in [0, 0.05) is 11.6 Å². The monoisotopic (exact) mass is 299 g/mol. The molecule has 0 atom stereocenters. The van der Waals surface area contributed by atoms with Crippen LogP contribution >= 0.6 is 0 Å². The Balaban J connectivity index is 2.16. The molecule has 0 unspecified atom stereocenters. The fourth-order valence-electron chi connectivity index (χ4n) is 2.24. The number of nitrogens with zero attached hydrogens (tertiary/aromatic N) is 1. The van der Waals surface area contributed by atoms with E-state index in [9.17, 15) is 14.9 Å². The van der Waals surface area contributed by atoms with Crippen LogP contribution in [0.5, 0.6) is 5.75 Å². The van der Waals surface area contributed by atoms with Crippen LogP contribution in [0.2, 0.25) is 0 Å². The number of benzene rings is 2. The molecule has 0 aliphatic carbocycles. The molecular weight excluding hydrogens is 282 g/mol. The van der Waals surface area contributed by atoms with Crippen molar-refractivity contribution in [2.75, 3.05) is 6.61 Å². The summed E-state index contributed by atoms with van der Waals surface area (Å²) in [5.74, 6) is -0.0962. The summed E-state index contributed by atoms with van der Waals surface area (Å²) in [4.78, 5) is 22.7. The van der Waals surface area contributed by atoms with Gasteiger partial charge in [0.25, 0.3) is 0 Å². The van der Waals surface area contributed by atoms with Gasteiger partial charge in [-0.15, -0.1) is 0 Å². The van der Waals surface area contributed by atoms with E-state index in [1.807, 2.05) is 26.0 Å². The highest BCUT2D eigenvalue weighted by Gasteiger charge is 2.17. The van der Waals surface area contributed by atoms with Crippen LogP contribution in [-0.4, -0.2) is 17.3 Å². The van der Waals surface area contributed by atoms with Gasteiger partial charge in [-0.1, -0.05) is 29.8 Å². The van der Waals surface area contributed by atoms with Crippen LogP contribution < -0.4 is 4.74 Å². The van der Waals surface area contributed by atoms with Gasteiger partial charge in [-0.2, -0.15) is 0 Å². The first-order valence-electron chi connectivity index (χ1n) is 6.87. The zero-order chi connectivity index (χ0) is 16.3. The van der Waals surface area contributed by atoms with Gasteiger partial charge in [0.15, 0.2) is 18.1 Å². The van der Waals surface area contributed by atoms with Crippen molar-refractivity contribution in [3.8, 4) is 5.75 Å². The van der Waals surface area contributed by atoms with Gasteiger partial charge in [-0.05, 0) is 38.0 Å². The summed E-state index contributed by atoms with van der Waals surface area (Å²) in [5, 5.41) is 11.0. The Labute approximate surface area is 128 Å². The second kappa shape index (κ2) is 6.39. The summed E-state index contributed by atoms with van der Waals surface area (Å²) < 4.78 is 5.36. The average molecular weight is 299 g/mol. The van der Waals surface area contributed by atoms with Crippen LogP contribution in [-0.2, 0) is 0 Å². The molecule has 0 aliphatic rings. The van der Waals surface area contributed by atoms with Crippen LogP contribution in [0.4, 0.5) is 5.69 Å². The predicted octanol–water partition coefficient (Wildman–Crippen LogP) is 3.78. The van der Waals surface area contributed by atoms with Gasteiger partial charge in [0.05, 0.1) is 4.92 Å². The molecule has 2 aromatic carbocycles. The van der Waals surface area contributed by atoms with Crippen molar-refractivity contribution in [3.63, 3.8) is 0 Å². The summed E-state index contributed by atoms with van der Waals surface area (Å²) in [7, 11) is 0. The van der Waals surface area contributed by atoms with Gasteiger partial charge in [0.2, 0.25) is 0 Å². The summed E-state index contributed by atoms with van der Waals surface area (Å²) in [6.07, 6.45) is 0. The van der Waals surface area contributed by atoms with E-state index in [-0.39, 0.29) is 23.8 Å². The zero-order valence-electron chi connectivity index (χ0n) is 12.8. The Morgan fingerprint density at radius 2 is 1.73 bits per heavy atom. The minimum absolute atomic E-state index is 0.105. The smallest absolute Gasteiger partial charge is 0.311 e. The molecule has 0 aliphatic heterocycles. The molecular formula is C17H17NO4. The van der Waals surface area contributed by atoms with Crippen molar-refractivity contribution in [2.24, 2.45) is 0 Å². The minimum Gasteiger partial charge on any atom is -0.478 e. The van der Waals surface area contributed by atoms with Crippen molar-refractivity contribution in [1.82, 2.24) is 0 Å². The second-order valence-electron chi connectivity index (χ2n) is 5.26. The maximum Gasteiger partial charge on any atom is 0.311 e. The Bertz CT molecular complexity index is 737. The van der Waals surface area contributed by atoms with Crippen molar-refractivity contribution >= 4 is 11.5 Å². The summed E-state index contributed by atoms with van der Waals surface area (Å²) in [6.45, 7) is 5.34. The Morgan fingerprint density at radius 1 is 1.09 bits per heavy atom. The molecule has 0 heterocycles. The van der Waals surface area contributed by atoms with Gasteiger partial charge >= 0.3 is 5.69 Å². The molecule has 0 spiro atoms. The SMILES string of the molecule is Cc1ccc(C(=O)COc2ccc(C)cc2[N+](=O)[O-])c(C)c1. The van der Waals surface area contributed by atoms with E-state index in [0.29, 0.717) is 5.56 Å². The van der Waals surface area contributed by atoms with Gasteiger partial charge in [-0.3, -0.25) is 14.9 Å². The number of aryl methyl sites for hydroxylation is 3. The van der Waals surface area contributed by atoms with E-state index in [1.165, 1.54) is 12.1 Å². The third-order valence-corrected chi connectivity index (χ3v) is 3.35. The van der Waals surface area contributed by atoms with E-state index >= 15 is 0 Å². The second-order valence-corrected chi connectivity index (χ2v) is 5.26. The molecule has 0 fully saturated rings. The first-order valence-corrected chi connectivity index (χ1v) is 6.87. The number of nitro benzene ring substituents is 1. The first kappa shape index (κ1) is 15.7. The Kier molecular flexibility index (Phi) is 4.56. The lowest BCUT2D eigenvalue weighted by Crippen LogP contribution is -2.13. The highest BCUT2D eigenvalue weighted by atomic mass is 16.6. The van der Waals surface area contributed by atoms with E-state index in [4.69, 9.17) is 4.74 Å². The molecule has 5 nitrogen and oxygen atoms in total. The van der Waals surface area contributed by atoms with Crippen LogP contribution in [0.25, 0.3) is 0 Å². The molecule has 0 saturated heterocycles. The molecule has 0 aromatic heterocycles. The number of ketones is 1. The van der Waals surface area contributed by atoms with E-state index < -0.39 is 4.92 Å². The summed E-state index contributed by atoms with van der Waals surface area (Å²) in [5.41, 5.74) is 3.14. The predicted molar refractivity (Wildman–Crippen MR) is 83.6 cm³/mol. The highest BCUT2D eigenvalue weighted by Crippen LogP contribution is 2.27. The number of nitro groups is 1. The first-order chi connectivity index (χ1) is 10.4. The van der Waals surface area contributed by atoms with Crippen molar-refractivity contribution in [1.29, 1.82) is 0 Å². The largest absolute Gasteiger partial charge is 0.478 e. The maximum atomic E-state index is 12.2. The van der Waals surface area contributed by atoms with E-state index in [2.05, 4.69) is 0 Å². The molecule has 0 bridgehead atoms. The van der Waals surface area contributed by atoms with Crippen molar-refractivity contribution in [3.05, 3.63) is 68.8 Å². The Morgan fingerprint density at radius 3 is 2.36 bits per heavy atom. The number of carbonyl (C=O) groups is 1. The number of Topliss-reactive ketones (excluding diaryl/α,β-unsaturated/α-hetero) is 1. The number of carbonyl (C=O) groups excluding carboxylic acids is 1. The summed E-state index contributed by atoms with van der Waals surface area (Å²) in [6, 6.07) is 10.2. The number of rotatable bonds is 5. The summed E-state index contributed by atoms with van der Waals surface area (Å²) >= 11 is 0. The lowest BCUT2D eigenvalue weighted by atomic mass is 10.0. The van der Waals surface area contributed by atoms with Crippen LogP contribution in [0, 0.1) is 30.9 Å². The zero-order valence-corrected chi connectivity index (χ0v) is 12.8. The van der Waals surface area contributed by atoms with Crippen molar-refractivity contribution < 1.29 is 14.5 Å².